The van der Waals surface area contributed by atoms with Gasteiger partial charge in [0.15, 0.2) is 11.6 Å². The van der Waals surface area contributed by atoms with Crippen molar-refractivity contribution in [3.05, 3.63) is 23.9 Å². The van der Waals surface area contributed by atoms with Gasteiger partial charge in [-0.3, -0.25) is 0 Å². The summed E-state index contributed by atoms with van der Waals surface area (Å²) in [5.41, 5.74) is 0. The van der Waals surface area contributed by atoms with Gasteiger partial charge in [0.25, 0.3) is 0 Å². The number of hydrogen-bond acceptors (Lipinski definition) is 5. The summed E-state index contributed by atoms with van der Waals surface area (Å²) in [6, 6.07) is 0. The quantitative estimate of drug-likeness (QED) is 0.511. The smallest absolute Gasteiger partial charge is 0.341 e. The van der Waals surface area contributed by atoms with Crippen LogP contribution in [-0.4, -0.2) is 48.5 Å². The van der Waals surface area contributed by atoms with Crippen molar-refractivity contribution in [1.29, 1.82) is 0 Å². The molecule has 0 aliphatic carbocycles. The van der Waals surface area contributed by atoms with Crippen molar-refractivity contribution in [2.24, 2.45) is 0 Å². The molecule has 19 heavy (non-hydrogen) atoms. The zero-order valence-corrected chi connectivity index (χ0v) is 10.7. The van der Waals surface area contributed by atoms with Crippen LogP contribution in [0.15, 0.2) is 23.9 Å². The van der Waals surface area contributed by atoms with Gasteiger partial charge in [-0.2, -0.15) is 0 Å². The predicted molar refractivity (Wildman–Crippen MR) is 65.2 cm³/mol. The number of morpholine rings is 1. The van der Waals surface area contributed by atoms with Crippen LogP contribution in [0.3, 0.4) is 0 Å². The highest BCUT2D eigenvalue weighted by atomic mass is 35.5. The molecule has 2 rings (SSSR count). The van der Waals surface area contributed by atoms with E-state index in [2.05, 4.69) is 10.6 Å². The number of allylic oxidation sites excluding steroid dienone is 2. The van der Waals surface area contributed by atoms with E-state index in [9.17, 15) is 9.18 Å². The Bertz CT molecular complexity index is 423. The highest BCUT2D eigenvalue weighted by Crippen LogP contribution is 2.33. The minimum Gasteiger partial charge on any atom is -0.482 e. The van der Waals surface area contributed by atoms with Gasteiger partial charge >= 0.3 is 5.97 Å². The van der Waals surface area contributed by atoms with E-state index in [1.165, 1.54) is 0 Å². The number of nitrogens with one attached hydrogen (secondary N) is 2. The minimum atomic E-state index is -1.32. The van der Waals surface area contributed by atoms with E-state index in [0.29, 0.717) is 19.7 Å². The number of carboxylic acid groups (broad SMARTS) is 1. The standard InChI is InChI=1S/C11H14ClFN2O4/c12-11(9-5-14-1-2-18-9)8(19-6-10(16)17)3-7(13)4-15-11/h3-4,9,14-15H,1-2,5-6H2,(H,16,17). The number of dihydropyridines is 1. The summed E-state index contributed by atoms with van der Waals surface area (Å²) >= 11 is 6.40. The lowest BCUT2D eigenvalue weighted by molar-refractivity contribution is -0.141. The fraction of sp³-hybridized carbons (Fsp3) is 0.545. The van der Waals surface area contributed by atoms with Gasteiger partial charge in [-0.05, 0) is 0 Å². The molecule has 106 valence electrons. The van der Waals surface area contributed by atoms with Crippen LogP contribution in [0, 0.1) is 0 Å². The summed E-state index contributed by atoms with van der Waals surface area (Å²) in [7, 11) is 0. The third-order valence-electron chi connectivity index (χ3n) is 2.77. The van der Waals surface area contributed by atoms with E-state index in [1.54, 1.807) is 0 Å². The van der Waals surface area contributed by atoms with E-state index in [4.69, 9.17) is 26.2 Å². The Hall–Kier alpha value is -1.31. The number of halogens is 2. The van der Waals surface area contributed by atoms with Crippen LogP contribution >= 0.6 is 11.6 Å². The van der Waals surface area contributed by atoms with Gasteiger partial charge in [0, 0.05) is 25.4 Å². The van der Waals surface area contributed by atoms with Crippen molar-refractivity contribution >= 4 is 17.6 Å². The lowest BCUT2D eigenvalue weighted by Crippen LogP contribution is -2.58. The van der Waals surface area contributed by atoms with E-state index in [-0.39, 0.29) is 5.76 Å². The summed E-state index contributed by atoms with van der Waals surface area (Å²) < 4.78 is 23.8. The molecule has 1 fully saturated rings. The number of rotatable bonds is 4. The molecule has 0 aromatic rings. The Morgan fingerprint density at radius 2 is 2.53 bits per heavy atom. The van der Waals surface area contributed by atoms with Crippen molar-refractivity contribution in [3.63, 3.8) is 0 Å². The van der Waals surface area contributed by atoms with Crippen LogP contribution < -0.4 is 10.6 Å². The summed E-state index contributed by atoms with van der Waals surface area (Å²) in [4.78, 5) is 9.22. The zero-order valence-electron chi connectivity index (χ0n) is 9.99. The van der Waals surface area contributed by atoms with Gasteiger partial charge in [0.05, 0.1) is 6.61 Å². The summed E-state index contributed by atoms with van der Waals surface area (Å²) in [5, 5.41) is 14.4. The number of aliphatic carboxylic acids is 1. The average Bonchev–Trinajstić information content (AvgIpc) is 2.41. The van der Waals surface area contributed by atoms with E-state index in [1.807, 2.05) is 0 Å². The molecule has 0 spiro atoms. The third kappa shape index (κ3) is 3.17. The molecule has 0 bridgehead atoms. The molecule has 2 aliphatic rings. The predicted octanol–water partition coefficient (Wildman–Crippen LogP) is 0.309. The molecule has 3 N–H and O–H groups in total. The number of alkyl halides is 1. The lowest BCUT2D eigenvalue weighted by atomic mass is 10.0. The summed E-state index contributed by atoms with van der Waals surface area (Å²) in [6.45, 7) is 0.997. The van der Waals surface area contributed by atoms with Crippen LogP contribution in [-0.2, 0) is 14.3 Å². The van der Waals surface area contributed by atoms with Crippen LogP contribution in [0.5, 0.6) is 0 Å². The van der Waals surface area contributed by atoms with E-state index >= 15 is 0 Å². The maximum atomic E-state index is 13.2. The first-order valence-corrected chi connectivity index (χ1v) is 6.11. The normalized spacial score (nSPS) is 30.9. The Morgan fingerprint density at radius 1 is 1.74 bits per heavy atom. The Labute approximate surface area is 114 Å². The lowest BCUT2D eigenvalue weighted by Gasteiger charge is -2.40. The molecule has 2 aliphatic heterocycles. The minimum absolute atomic E-state index is 0.00901. The number of ether oxygens (including phenoxy) is 2. The molecule has 2 unspecified atom stereocenters. The average molecular weight is 293 g/mol. The fourth-order valence-corrected chi connectivity index (χ4v) is 2.18. The van der Waals surface area contributed by atoms with Gasteiger partial charge in [-0.25, -0.2) is 9.18 Å². The fourth-order valence-electron chi connectivity index (χ4n) is 1.88. The first-order chi connectivity index (χ1) is 9.02. The largest absolute Gasteiger partial charge is 0.482 e. The second kappa shape index (κ2) is 5.77. The zero-order chi connectivity index (χ0) is 13.9. The highest BCUT2D eigenvalue weighted by Gasteiger charge is 2.45. The molecule has 0 aromatic carbocycles. The molecule has 8 heteroatoms. The van der Waals surface area contributed by atoms with Crippen molar-refractivity contribution in [2.75, 3.05) is 26.3 Å². The molecule has 1 saturated heterocycles. The van der Waals surface area contributed by atoms with Crippen LogP contribution in [0.2, 0.25) is 0 Å². The maximum Gasteiger partial charge on any atom is 0.341 e. The number of carboxylic acids is 1. The van der Waals surface area contributed by atoms with Crippen LogP contribution in [0.1, 0.15) is 0 Å². The molecule has 0 radical (unpaired) electrons. The Kier molecular flexibility index (Phi) is 4.28. The van der Waals surface area contributed by atoms with Gasteiger partial charge in [0.1, 0.15) is 17.7 Å². The van der Waals surface area contributed by atoms with Crippen LogP contribution in [0.4, 0.5) is 4.39 Å². The van der Waals surface area contributed by atoms with Crippen LogP contribution in [0.25, 0.3) is 0 Å². The second-order valence-electron chi connectivity index (χ2n) is 4.14. The van der Waals surface area contributed by atoms with E-state index in [0.717, 1.165) is 12.3 Å². The van der Waals surface area contributed by atoms with E-state index < -0.39 is 29.5 Å². The molecular weight excluding hydrogens is 279 g/mol. The molecule has 0 saturated carbocycles. The number of hydrogen-bond donors (Lipinski definition) is 3. The van der Waals surface area contributed by atoms with Crippen molar-refractivity contribution in [1.82, 2.24) is 10.6 Å². The first kappa shape index (κ1) is 14.1. The van der Waals surface area contributed by atoms with Gasteiger partial charge < -0.3 is 25.2 Å². The Balaban J connectivity index is 2.16. The van der Waals surface area contributed by atoms with Crippen molar-refractivity contribution < 1.29 is 23.8 Å². The SMILES string of the molecule is O=C(O)COC1=CC(F)=CNC1(Cl)C1CNCCO1. The highest BCUT2D eigenvalue weighted by molar-refractivity contribution is 6.26. The maximum absolute atomic E-state index is 13.2. The summed E-state index contributed by atoms with van der Waals surface area (Å²) in [5.74, 6) is -1.77. The van der Waals surface area contributed by atoms with Gasteiger partial charge in [-0.15, -0.1) is 0 Å². The van der Waals surface area contributed by atoms with Gasteiger partial charge in [0.2, 0.25) is 0 Å². The Morgan fingerprint density at radius 3 is 3.16 bits per heavy atom. The molecule has 2 atom stereocenters. The molecular formula is C11H14ClFN2O4. The molecule has 0 amide bonds. The van der Waals surface area contributed by atoms with Gasteiger partial charge in [-0.1, -0.05) is 11.6 Å². The second-order valence-corrected chi connectivity index (χ2v) is 4.74. The number of carbonyl (C=O) groups is 1. The molecule has 0 aromatic heterocycles. The van der Waals surface area contributed by atoms with Crippen molar-refractivity contribution in [3.8, 4) is 0 Å². The molecule has 2 heterocycles. The monoisotopic (exact) mass is 292 g/mol. The topological polar surface area (TPSA) is 79.8 Å². The summed E-state index contributed by atoms with van der Waals surface area (Å²) in [6.07, 6.45) is 1.65. The van der Waals surface area contributed by atoms with Crippen molar-refractivity contribution in [2.45, 2.75) is 11.1 Å². The molecule has 6 nitrogen and oxygen atoms in total. The third-order valence-corrected chi connectivity index (χ3v) is 3.31. The first-order valence-electron chi connectivity index (χ1n) is 5.74.